The van der Waals surface area contributed by atoms with Crippen LogP contribution in [0.2, 0.25) is 0 Å². The molecule has 0 saturated carbocycles. The van der Waals surface area contributed by atoms with Gasteiger partial charge in [0, 0.05) is 114 Å². The van der Waals surface area contributed by atoms with Crippen LogP contribution in [-0.2, 0) is 66.3 Å². The predicted molar refractivity (Wildman–Crippen MR) is 455 cm³/mol. The molecule has 13 aromatic rings. The number of rotatable bonds is 20. The third-order valence-electron chi connectivity index (χ3n) is 21.2. The van der Waals surface area contributed by atoms with Crippen molar-refractivity contribution in [2.75, 3.05) is 119 Å². The summed E-state index contributed by atoms with van der Waals surface area (Å²) in [5.74, 6) is 9.22. The van der Waals surface area contributed by atoms with Gasteiger partial charge in [-0.2, -0.15) is 9.97 Å². The van der Waals surface area contributed by atoms with Gasteiger partial charge in [-0.25, -0.2) is 49.8 Å². The smallest absolute Gasteiger partial charge is 0.267 e. The maximum atomic E-state index is 11.5. The SMILES string of the molecule is C[C@H]1COCCN1c1nc(-c2ccc(Nc3cncc(=O)[nH]3)cc2)nc2c1CCN(c1ncccn1)C2.C[C@H]1COCCN1c1nc(-c2ccc(Nc3cncc(OCc4ccccc4)n3)cc2)nc2c1CCN(c1ncccn1)C2.C[C@H]1COCCN1c1nc(-c2ccc(Nc3cncc(OCc4ccccc4)n3)cc2)nc2c1CCNC2. The molecule has 604 valence electrons. The van der Waals surface area contributed by atoms with Gasteiger partial charge in [0.1, 0.15) is 36.5 Å². The lowest BCUT2D eigenvalue weighted by Gasteiger charge is -2.37. The molecule has 3 saturated heterocycles. The number of aromatic amines is 1. The van der Waals surface area contributed by atoms with Crippen molar-refractivity contribution in [3.63, 3.8) is 0 Å². The first-order valence-corrected chi connectivity index (χ1v) is 40.2. The van der Waals surface area contributed by atoms with Crippen LogP contribution in [0.25, 0.3) is 34.2 Å². The van der Waals surface area contributed by atoms with Crippen molar-refractivity contribution in [3.8, 4) is 45.9 Å². The van der Waals surface area contributed by atoms with Crippen LogP contribution < -0.4 is 60.8 Å². The van der Waals surface area contributed by atoms with E-state index in [9.17, 15) is 4.79 Å². The minimum atomic E-state index is -0.260. The standard InChI is InChI=1S/C33H33N9O2.C29H31N7O2.C26H27N9O2/c1-23-21-43-17-16-42(23)32-27-12-15-41(33-35-13-5-14-36-33)20-28(27)38-31(40-32)25-8-10-26(11-9-25)37-29-18-34-19-30(39-29)44-22-24-6-3-2-4-7-24;1-20-18-37-14-13-36(20)29-24-11-12-30-15-25(24)33-28(35-29)22-7-9-23(10-8-22)32-26-16-31-17-27(34-26)38-19-21-5-3-2-4-6-21;1-17-16-37-12-11-35(17)25-20-7-10-34(26-28-8-2-9-29-26)15-21(20)31-24(33-25)18-3-5-19(6-4-18)30-22-13-27-14-23(36)32-22/h2-11,13-14,18-19,23H,12,15-17,20-22H2,1H3,(H,37,39);2-10,16-17,20,30H,11-15,18-19H2,1H3,(H,32,34);2-6,8-9,13-14,17H,7,10-12,15-16H2,1H3,(H2,30,32,36)/t23-;20-;17-/m000/s1. The van der Waals surface area contributed by atoms with E-state index >= 15 is 0 Å². The van der Waals surface area contributed by atoms with Crippen LogP contribution in [0.3, 0.4) is 0 Å². The summed E-state index contributed by atoms with van der Waals surface area (Å²) in [6.07, 6.45) is 19.1. The van der Waals surface area contributed by atoms with Crippen LogP contribution in [0.5, 0.6) is 11.8 Å². The van der Waals surface area contributed by atoms with Crippen LogP contribution >= 0.6 is 0 Å². The average Bonchev–Trinajstić information content (AvgIpc) is 0.778. The molecule has 0 aliphatic carbocycles. The molecule has 0 amide bonds. The molecule has 5 aromatic carbocycles. The number of nitrogens with zero attached hydrogens (tertiary/aromatic N) is 20. The molecule has 0 bridgehead atoms. The number of ether oxygens (including phenoxy) is 5. The predicted octanol–water partition coefficient (Wildman–Crippen LogP) is 11.5. The number of hydrogen-bond acceptors (Lipinski definition) is 30. The van der Waals surface area contributed by atoms with Crippen molar-refractivity contribution in [1.29, 1.82) is 0 Å². The second-order valence-corrected chi connectivity index (χ2v) is 29.6. The van der Waals surface area contributed by atoms with Gasteiger partial charge in [-0.1, -0.05) is 60.7 Å². The summed E-state index contributed by atoms with van der Waals surface area (Å²) in [4.78, 5) is 95.4. The minimum absolute atomic E-state index is 0.226. The lowest BCUT2D eigenvalue weighted by atomic mass is 10.0. The number of benzene rings is 5. The van der Waals surface area contributed by atoms with Crippen molar-refractivity contribution < 1.29 is 23.7 Å². The quantitative estimate of drug-likeness (QED) is 0.0473. The van der Waals surface area contributed by atoms with Crippen molar-refractivity contribution >= 4 is 63.9 Å². The Morgan fingerprint density at radius 3 is 1.24 bits per heavy atom. The highest BCUT2D eigenvalue weighted by molar-refractivity contribution is 5.70. The summed E-state index contributed by atoms with van der Waals surface area (Å²) >= 11 is 0. The number of H-pyrrole nitrogens is 1. The summed E-state index contributed by atoms with van der Waals surface area (Å²) in [6, 6.07) is 48.3. The molecule has 5 N–H and O–H groups in total. The highest BCUT2D eigenvalue weighted by Gasteiger charge is 2.33. The topological polar surface area (TPSA) is 337 Å². The van der Waals surface area contributed by atoms with E-state index in [1.54, 1.807) is 55.8 Å². The number of fused-ring (bicyclic) bond motifs is 3. The number of morpholine rings is 3. The van der Waals surface area contributed by atoms with Crippen LogP contribution in [0, 0.1) is 0 Å². The lowest BCUT2D eigenvalue weighted by Crippen LogP contribution is -2.45. The first kappa shape index (κ1) is 77.9. The second kappa shape index (κ2) is 37.1. The molecular formula is C88H91N25O6. The van der Waals surface area contributed by atoms with Gasteiger partial charge in [-0.3, -0.25) is 19.7 Å². The zero-order valence-corrected chi connectivity index (χ0v) is 66.4. The zero-order valence-electron chi connectivity index (χ0n) is 66.4. The Bertz CT molecular complexity index is 5620. The summed E-state index contributed by atoms with van der Waals surface area (Å²) in [6.45, 7) is 18.6. The summed E-state index contributed by atoms with van der Waals surface area (Å²) in [7, 11) is 0. The van der Waals surface area contributed by atoms with Gasteiger partial charge in [-0.05, 0) is 143 Å². The Balaban J connectivity index is 0.000000128. The fourth-order valence-electron chi connectivity index (χ4n) is 15.1. The molecule has 119 heavy (non-hydrogen) atoms. The molecule has 6 aliphatic rings. The zero-order chi connectivity index (χ0) is 80.6. The summed E-state index contributed by atoms with van der Waals surface area (Å²) in [5.41, 5.74) is 14.0. The highest BCUT2D eigenvalue weighted by atomic mass is 16.5. The van der Waals surface area contributed by atoms with E-state index in [0.717, 1.165) is 157 Å². The molecule has 31 heteroatoms. The van der Waals surface area contributed by atoms with Gasteiger partial charge >= 0.3 is 0 Å². The molecule has 3 fully saturated rings. The van der Waals surface area contributed by atoms with E-state index in [4.69, 9.17) is 53.6 Å². The summed E-state index contributed by atoms with van der Waals surface area (Å²) in [5, 5.41) is 13.3. The third-order valence-corrected chi connectivity index (χ3v) is 21.2. The second-order valence-electron chi connectivity index (χ2n) is 29.6. The molecule has 19 rings (SSSR count). The van der Waals surface area contributed by atoms with Gasteiger partial charge in [-0.15, -0.1) is 0 Å². The summed E-state index contributed by atoms with van der Waals surface area (Å²) < 4.78 is 28.8. The van der Waals surface area contributed by atoms with Gasteiger partial charge in [0.2, 0.25) is 23.7 Å². The minimum Gasteiger partial charge on any atom is -0.472 e. The number of aromatic nitrogens is 16. The Morgan fingerprint density at radius 2 is 0.824 bits per heavy atom. The van der Waals surface area contributed by atoms with E-state index in [-0.39, 0.29) is 23.7 Å². The van der Waals surface area contributed by atoms with E-state index in [1.165, 1.54) is 22.9 Å². The highest BCUT2D eigenvalue weighted by Crippen LogP contribution is 2.37. The first-order valence-electron chi connectivity index (χ1n) is 40.2. The fourth-order valence-corrected chi connectivity index (χ4v) is 15.1. The van der Waals surface area contributed by atoms with Crippen LogP contribution in [0.1, 0.15) is 65.7 Å². The molecular weight excluding hydrogens is 1500 g/mol. The molecule has 0 radical (unpaired) electrons. The van der Waals surface area contributed by atoms with E-state index in [2.05, 4.69) is 116 Å². The van der Waals surface area contributed by atoms with Crippen molar-refractivity contribution in [2.45, 2.75) is 91.0 Å². The maximum absolute atomic E-state index is 11.5. The molecule has 8 aromatic heterocycles. The van der Waals surface area contributed by atoms with Gasteiger partial charge in [0.25, 0.3) is 5.56 Å². The Hall–Kier alpha value is -13.6. The average molecular weight is 1590 g/mol. The Morgan fingerprint density at radius 1 is 0.420 bits per heavy atom. The Labute approximate surface area is 688 Å². The number of nitrogens with one attached hydrogen (secondary N) is 5. The number of anilines is 11. The molecule has 14 heterocycles. The van der Waals surface area contributed by atoms with Crippen molar-refractivity contribution in [2.24, 2.45) is 0 Å². The molecule has 0 spiro atoms. The van der Waals surface area contributed by atoms with Crippen LogP contribution in [-0.4, -0.2) is 177 Å². The van der Waals surface area contributed by atoms with E-state index < -0.39 is 0 Å². The van der Waals surface area contributed by atoms with Gasteiger partial charge in [0.15, 0.2) is 29.1 Å². The monoisotopic (exact) mass is 1590 g/mol. The van der Waals surface area contributed by atoms with E-state index in [0.29, 0.717) is 112 Å². The molecule has 6 aliphatic heterocycles. The van der Waals surface area contributed by atoms with Crippen molar-refractivity contribution in [1.82, 2.24) is 85.1 Å². The lowest BCUT2D eigenvalue weighted by molar-refractivity contribution is 0.0983. The molecule has 0 unspecified atom stereocenters. The normalized spacial score (nSPS) is 16.9. The van der Waals surface area contributed by atoms with Crippen LogP contribution in [0.15, 0.2) is 212 Å². The fraction of sp³-hybridized carbons (Fsp3) is 0.295. The van der Waals surface area contributed by atoms with Gasteiger partial charge in [0.05, 0.1) is 125 Å². The van der Waals surface area contributed by atoms with E-state index in [1.807, 2.05) is 146 Å². The molecule has 31 nitrogen and oxygen atoms in total. The van der Waals surface area contributed by atoms with Crippen LogP contribution in [0.4, 0.5) is 63.9 Å². The first-order chi connectivity index (χ1) is 58.6. The Kier molecular flexibility index (Phi) is 24.3. The third kappa shape index (κ3) is 19.3. The van der Waals surface area contributed by atoms with Crippen molar-refractivity contribution in [3.05, 3.63) is 263 Å². The van der Waals surface area contributed by atoms with Gasteiger partial charge < -0.3 is 74.4 Å². The molecule has 3 atom stereocenters. The maximum Gasteiger partial charge on any atom is 0.267 e. The number of hydrogen-bond donors (Lipinski definition) is 5. The largest absolute Gasteiger partial charge is 0.472 e.